The van der Waals surface area contributed by atoms with E-state index in [2.05, 4.69) is 86.6 Å². The summed E-state index contributed by atoms with van der Waals surface area (Å²) >= 11 is -0.419. The Morgan fingerprint density at radius 2 is 1.07 bits per heavy atom. The minimum atomic E-state index is -0.419. The van der Waals surface area contributed by atoms with Crippen LogP contribution in [0.1, 0.15) is 113 Å². The van der Waals surface area contributed by atoms with Gasteiger partial charge in [0.2, 0.25) is 0 Å². The molecule has 154 valence electrons. The van der Waals surface area contributed by atoms with Crippen molar-refractivity contribution in [1.82, 2.24) is 0 Å². The molecule has 0 saturated carbocycles. The molecule has 0 amide bonds. The fourth-order valence-electron chi connectivity index (χ4n) is 3.80. The quantitative estimate of drug-likeness (QED) is 0.375. The Bertz CT molecular complexity index is 742. The molecule has 0 radical (unpaired) electrons. The first kappa shape index (κ1) is 23.5. The molecule has 0 fully saturated rings. The molecule has 0 aliphatic rings. The predicted molar refractivity (Wildman–Crippen MR) is 128 cm³/mol. The molecule has 0 atom stereocenters. The number of rotatable bonds is 8. The van der Waals surface area contributed by atoms with Crippen molar-refractivity contribution in [2.45, 2.75) is 99.3 Å². The van der Waals surface area contributed by atoms with E-state index >= 15 is 0 Å². The summed E-state index contributed by atoms with van der Waals surface area (Å²) in [6, 6.07) is 10.0. The van der Waals surface area contributed by atoms with Crippen molar-refractivity contribution >= 4 is 28.1 Å². The molecular weight excluding hydrogens is 452 g/mol. The summed E-state index contributed by atoms with van der Waals surface area (Å²) in [5.74, 6) is 1.76. The zero-order valence-corrected chi connectivity index (χ0v) is 21.9. The molecule has 0 saturated heterocycles. The molecule has 2 aromatic carbocycles. The Hall–Kier alpha value is -0.770. The average Bonchev–Trinajstić information content (AvgIpc) is 2.67. The van der Waals surface area contributed by atoms with Gasteiger partial charge < -0.3 is 0 Å². The van der Waals surface area contributed by atoms with Crippen LogP contribution >= 0.6 is 0 Å². The zero-order chi connectivity index (χ0) is 21.0. The third kappa shape index (κ3) is 5.23. The minimum absolute atomic E-state index is 0.419. The zero-order valence-electron chi connectivity index (χ0n) is 19.6. The molecule has 0 bridgehead atoms. The molecule has 2 aromatic rings. The van der Waals surface area contributed by atoms with Crippen LogP contribution in [0.3, 0.4) is 0 Å². The van der Waals surface area contributed by atoms with E-state index in [-0.39, 0.29) is 0 Å². The van der Waals surface area contributed by atoms with Gasteiger partial charge in [-0.15, -0.1) is 0 Å². The van der Waals surface area contributed by atoms with Gasteiger partial charge in [0.15, 0.2) is 0 Å². The number of hydrogen-bond donors (Lipinski definition) is 0. The van der Waals surface area contributed by atoms with Crippen molar-refractivity contribution < 1.29 is 0 Å². The van der Waals surface area contributed by atoms with Crippen LogP contribution in [0, 0.1) is 0 Å². The SMILES string of the molecule is CCc1cc(CC)c([Te]c2c(C(C)C)cc(C(C)C)cc2C(C)C)c(CC)c1. The van der Waals surface area contributed by atoms with E-state index in [0.717, 1.165) is 19.3 Å². The molecule has 0 heterocycles. The Labute approximate surface area is 184 Å². The van der Waals surface area contributed by atoms with Gasteiger partial charge in [-0.25, -0.2) is 0 Å². The molecule has 0 unspecified atom stereocenters. The Kier molecular flexibility index (Phi) is 8.66. The molecule has 0 spiro atoms. The summed E-state index contributed by atoms with van der Waals surface area (Å²) in [5.41, 5.74) is 9.46. The summed E-state index contributed by atoms with van der Waals surface area (Å²) < 4.78 is 3.43. The molecular formula is C27H40Te. The van der Waals surface area contributed by atoms with Crippen molar-refractivity contribution in [2.75, 3.05) is 0 Å². The van der Waals surface area contributed by atoms with Crippen molar-refractivity contribution in [2.24, 2.45) is 0 Å². The number of hydrogen-bond acceptors (Lipinski definition) is 0. The summed E-state index contributed by atoms with van der Waals surface area (Å²) in [7, 11) is 0. The van der Waals surface area contributed by atoms with E-state index in [1.807, 2.05) is 0 Å². The maximum absolute atomic E-state index is 2.53. The Morgan fingerprint density at radius 3 is 1.39 bits per heavy atom. The molecule has 0 nitrogen and oxygen atoms in total. The molecule has 2 rings (SSSR count). The Morgan fingerprint density at radius 1 is 0.607 bits per heavy atom. The normalized spacial score (nSPS) is 11.9. The van der Waals surface area contributed by atoms with E-state index in [9.17, 15) is 0 Å². The summed E-state index contributed by atoms with van der Waals surface area (Å²) in [4.78, 5) is 0. The van der Waals surface area contributed by atoms with Gasteiger partial charge in [0.05, 0.1) is 0 Å². The van der Waals surface area contributed by atoms with Crippen molar-refractivity contribution in [3.63, 3.8) is 0 Å². The van der Waals surface area contributed by atoms with Gasteiger partial charge in [-0.3, -0.25) is 0 Å². The van der Waals surface area contributed by atoms with Gasteiger partial charge in [0, 0.05) is 0 Å². The maximum atomic E-state index is 2.53. The van der Waals surface area contributed by atoms with Crippen LogP contribution < -0.4 is 7.22 Å². The molecule has 0 aliphatic heterocycles. The second kappa shape index (κ2) is 10.3. The fourth-order valence-corrected chi connectivity index (χ4v) is 8.64. The van der Waals surface area contributed by atoms with Gasteiger partial charge in [0.25, 0.3) is 0 Å². The van der Waals surface area contributed by atoms with Gasteiger partial charge in [-0.2, -0.15) is 0 Å². The van der Waals surface area contributed by atoms with Crippen LogP contribution in [0.2, 0.25) is 0 Å². The van der Waals surface area contributed by atoms with Crippen LogP contribution in [-0.4, -0.2) is 20.9 Å². The van der Waals surface area contributed by atoms with Gasteiger partial charge in [-0.05, 0) is 0 Å². The monoisotopic (exact) mass is 494 g/mol. The number of benzene rings is 2. The second-order valence-corrected chi connectivity index (χ2v) is 11.8. The van der Waals surface area contributed by atoms with Crippen molar-refractivity contribution in [3.05, 3.63) is 57.6 Å². The first-order valence-electron chi connectivity index (χ1n) is 11.2. The van der Waals surface area contributed by atoms with Crippen LogP contribution in [0.25, 0.3) is 0 Å². The number of aryl methyl sites for hydroxylation is 3. The van der Waals surface area contributed by atoms with E-state index in [1.54, 1.807) is 29.5 Å². The van der Waals surface area contributed by atoms with Crippen LogP contribution in [0.4, 0.5) is 0 Å². The van der Waals surface area contributed by atoms with Gasteiger partial charge in [-0.1, -0.05) is 0 Å². The van der Waals surface area contributed by atoms with Gasteiger partial charge in [0.1, 0.15) is 0 Å². The first-order valence-corrected chi connectivity index (χ1v) is 13.6. The molecule has 0 N–H and O–H groups in total. The van der Waals surface area contributed by atoms with Crippen LogP contribution in [0.5, 0.6) is 0 Å². The molecule has 1 heteroatoms. The third-order valence-corrected chi connectivity index (χ3v) is 9.76. The second-order valence-electron chi connectivity index (χ2n) is 8.90. The predicted octanol–water partition coefficient (Wildman–Crippen LogP) is 6.40. The summed E-state index contributed by atoms with van der Waals surface area (Å²) in [5, 5.41) is 0. The Balaban J connectivity index is 2.72. The average molecular weight is 492 g/mol. The van der Waals surface area contributed by atoms with Crippen molar-refractivity contribution in [3.8, 4) is 0 Å². The summed E-state index contributed by atoms with van der Waals surface area (Å²) in [6.45, 7) is 21.1. The van der Waals surface area contributed by atoms with Gasteiger partial charge >= 0.3 is 185 Å². The van der Waals surface area contributed by atoms with E-state index in [0.29, 0.717) is 17.8 Å². The fraction of sp³-hybridized carbons (Fsp3) is 0.556. The summed E-state index contributed by atoms with van der Waals surface area (Å²) in [6.07, 6.45) is 3.44. The van der Waals surface area contributed by atoms with E-state index < -0.39 is 20.9 Å². The van der Waals surface area contributed by atoms with Crippen LogP contribution in [0.15, 0.2) is 24.3 Å². The molecule has 0 aliphatic carbocycles. The van der Waals surface area contributed by atoms with Crippen molar-refractivity contribution in [1.29, 1.82) is 0 Å². The first-order chi connectivity index (χ1) is 13.2. The standard InChI is InChI=1S/C27H40Te/c1-10-20-13-21(11-2)26(22(12-3)14-20)28-27-24(18(6)7)15-23(17(4)5)16-25(27)19(8)9/h13-19H,10-12H2,1-9H3. The van der Waals surface area contributed by atoms with E-state index in [4.69, 9.17) is 0 Å². The molecule has 28 heavy (non-hydrogen) atoms. The van der Waals surface area contributed by atoms with Crippen LogP contribution in [-0.2, 0) is 19.3 Å². The van der Waals surface area contributed by atoms with E-state index in [1.165, 1.54) is 11.1 Å². The topological polar surface area (TPSA) is 0 Å². The molecule has 0 aromatic heterocycles. The third-order valence-electron chi connectivity index (χ3n) is 5.76.